The number of carbonyl (C=O) groups is 2. The monoisotopic (exact) mass is 290 g/mol. The van der Waals surface area contributed by atoms with Crippen LogP contribution < -0.4 is 22.1 Å². The van der Waals surface area contributed by atoms with Crippen molar-refractivity contribution in [3.63, 3.8) is 0 Å². The molecule has 1 aromatic rings. The Kier molecular flexibility index (Phi) is 5.16. The Balaban J connectivity index is 1.82. The summed E-state index contributed by atoms with van der Waals surface area (Å²) in [5.74, 6) is 0.106. The number of hydrogen-bond acceptors (Lipinski definition) is 3. The van der Waals surface area contributed by atoms with E-state index in [1.807, 2.05) is 12.1 Å². The molecule has 0 spiro atoms. The summed E-state index contributed by atoms with van der Waals surface area (Å²) in [6.07, 6.45) is 3.72. The van der Waals surface area contributed by atoms with E-state index in [9.17, 15) is 9.59 Å². The van der Waals surface area contributed by atoms with Gasteiger partial charge in [-0.3, -0.25) is 4.79 Å². The molecule has 6 heteroatoms. The number of primary amides is 1. The van der Waals surface area contributed by atoms with E-state index in [0.717, 1.165) is 31.2 Å². The predicted octanol–water partition coefficient (Wildman–Crippen LogP) is 1.31. The standard InChI is InChI=1S/C15H22N4O2/c16-12-3-1-2-11(8-12)14(20)18-9-10-4-6-13(7-5-10)19-15(17)21/h4-7,11-12H,1-3,8-9,16H2,(H,18,20)(H3,17,19,21). The number of hydrogen-bond donors (Lipinski definition) is 4. The summed E-state index contributed by atoms with van der Waals surface area (Å²) in [6, 6.07) is 6.75. The number of carbonyl (C=O) groups excluding carboxylic acids is 2. The molecule has 3 amide bonds. The Morgan fingerprint density at radius 1 is 1.19 bits per heavy atom. The Morgan fingerprint density at radius 2 is 1.90 bits per heavy atom. The van der Waals surface area contributed by atoms with Crippen molar-refractivity contribution in [2.45, 2.75) is 38.3 Å². The van der Waals surface area contributed by atoms with E-state index >= 15 is 0 Å². The van der Waals surface area contributed by atoms with E-state index in [4.69, 9.17) is 11.5 Å². The molecule has 1 fully saturated rings. The van der Waals surface area contributed by atoms with Crippen LogP contribution in [0.4, 0.5) is 10.5 Å². The fourth-order valence-corrected chi connectivity index (χ4v) is 2.65. The van der Waals surface area contributed by atoms with Crippen LogP contribution in [0.15, 0.2) is 24.3 Å². The number of benzene rings is 1. The second-order valence-corrected chi connectivity index (χ2v) is 5.53. The highest BCUT2D eigenvalue weighted by Crippen LogP contribution is 2.23. The zero-order valence-corrected chi connectivity index (χ0v) is 12.0. The van der Waals surface area contributed by atoms with Gasteiger partial charge >= 0.3 is 6.03 Å². The van der Waals surface area contributed by atoms with Gasteiger partial charge in [-0.2, -0.15) is 0 Å². The summed E-state index contributed by atoms with van der Waals surface area (Å²) in [7, 11) is 0. The lowest BCUT2D eigenvalue weighted by molar-refractivity contribution is -0.126. The van der Waals surface area contributed by atoms with E-state index in [1.54, 1.807) is 12.1 Å². The molecule has 114 valence electrons. The number of nitrogens with two attached hydrogens (primary N) is 2. The fourth-order valence-electron chi connectivity index (χ4n) is 2.65. The summed E-state index contributed by atoms with van der Waals surface area (Å²) in [6.45, 7) is 0.474. The van der Waals surface area contributed by atoms with Crippen LogP contribution in [0.3, 0.4) is 0 Å². The van der Waals surface area contributed by atoms with Gasteiger partial charge in [-0.25, -0.2) is 4.79 Å². The highest BCUT2D eigenvalue weighted by Gasteiger charge is 2.24. The average Bonchev–Trinajstić information content (AvgIpc) is 2.45. The second-order valence-electron chi connectivity index (χ2n) is 5.53. The first-order valence-electron chi connectivity index (χ1n) is 7.23. The van der Waals surface area contributed by atoms with Gasteiger partial charge in [-0.15, -0.1) is 0 Å². The summed E-state index contributed by atoms with van der Waals surface area (Å²) in [5, 5.41) is 5.43. The number of nitrogens with one attached hydrogen (secondary N) is 2. The van der Waals surface area contributed by atoms with Crippen LogP contribution in [-0.2, 0) is 11.3 Å². The molecule has 0 bridgehead atoms. The molecule has 1 aromatic carbocycles. The molecule has 1 aliphatic rings. The molecular formula is C15H22N4O2. The van der Waals surface area contributed by atoms with E-state index in [0.29, 0.717) is 12.2 Å². The minimum absolute atomic E-state index is 0.0320. The van der Waals surface area contributed by atoms with Crippen molar-refractivity contribution < 1.29 is 9.59 Å². The van der Waals surface area contributed by atoms with Crippen LogP contribution in [0, 0.1) is 5.92 Å². The van der Waals surface area contributed by atoms with Crippen LogP contribution in [-0.4, -0.2) is 18.0 Å². The van der Waals surface area contributed by atoms with Gasteiger partial charge in [-0.1, -0.05) is 18.6 Å². The highest BCUT2D eigenvalue weighted by atomic mass is 16.2. The summed E-state index contributed by atoms with van der Waals surface area (Å²) in [4.78, 5) is 22.8. The van der Waals surface area contributed by atoms with Gasteiger partial charge in [0.1, 0.15) is 0 Å². The number of urea groups is 1. The third kappa shape index (κ3) is 4.75. The van der Waals surface area contributed by atoms with Crippen LogP contribution in [0.2, 0.25) is 0 Å². The molecule has 2 unspecified atom stereocenters. The van der Waals surface area contributed by atoms with E-state index in [2.05, 4.69) is 10.6 Å². The van der Waals surface area contributed by atoms with Crippen LogP contribution in [0.25, 0.3) is 0 Å². The molecule has 21 heavy (non-hydrogen) atoms. The van der Waals surface area contributed by atoms with Gasteiger partial charge in [0.25, 0.3) is 0 Å². The van der Waals surface area contributed by atoms with Crippen molar-refractivity contribution in [2.24, 2.45) is 17.4 Å². The first kappa shape index (κ1) is 15.3. The lowest BCUT2D eigenvalue weighted by Crippen LogP contribution is -2.37. The van der Waals surface area contributed by atoms with Crippen LogP contribution in [0.1, 0.15) is 31.2 Å². The Morgan fingerprint density at radius 3 is 2.52 bits per heavy atom. The Labute approximate surface area is 124 Å². The maximum absolute atomic E-state index is 12.1. The minimum atomic E-state index is -0.593. The van der Waals surface area contributed by atoms with Gasteiger partial charge in [0.2, 0.25) is 5.91 Å². The van der Waals surface area contributed by atoms with Crippen LogP contribution >= 0.6 is 0 Å². The topological polar surface area (TPSA) is 110 Å². The summed E-state index contributed by atoms with van der Waals surface area (Å²) in [5.41, 5.74) is 12.5. The van der Waals surface area contributed by atoms with Crippen molar-refractivity contribution >= 4 is 17.6 Å². The maximum atomic E-state index is 12.1. The Hall–Kier alpha value is -2.08. The van der Waals surface area contributed by atoms with Gasteiger partial charge < -0.3 is 22.1 Å². The summed E-state index contributed by atoms with van der Waals surface area (Å²) >= 11 is 0. The smallest absolute Gasteiger partial charge is 0.316 e. The lowest BCUT2D eigenvalue weighted by Gasteiger charge is -2.25. The van der Waals surface area contributed by atoms with Gasteiger partial charge in [0.15, 0.2) is 0 Å². The highest BCUT2D eigenvalue weighted by molar-refractivity contribution is 5.87. The van der Waals surface area contributed by atoms with Gasteiger partial charge in [-0.05, 0) is 37.0 Å². The van der Waals surface area contributed by atoms with E-state index < -0.39 is 6.03 Å². The predicted molar refractivity (Wildman–Crippen MR) is 81.4 cm³/mol. The summed E-state index contributed by atoms with van der Waals surface area (Å²) < 4.78 is 0. The molecule has 6 nitrogen and oxygen atoms in total. The lowest BCUT2D eigenvalue weighted by atomic mass is 9.85. The molecule has 1 aliphatic carbocycles. The molecule has 1 saturated carbocycles. The van der Waals surface area contributed by atoms with Gasteiger partial charge in [0.05, 0.1) is 0 Å². The molecule has 6 N–H and O–H groups in total. The largest absolute Gasteiger partial charge is 0.352 e. The van der Waals surface area contributed by atoms with Crippen LogP contribution in [0.5, 0.6) is 0 Å². The fraction of sp³-hybridized carbons (Fsp3) is 0.467. The minimum Gasteiger partial charge on any atom is -0.352 e. The zero-order valence-electron chi connectivity index (χ0n) is 12.0. The second kappa shape index (κ2) is 7.08. The number of amides is 3. The SMILES string of the molecule is NC(=O)Nc1ccc(CNC(=O)C2CCCC(N)C2)cc1. The maximum Gasteiger partial charge on any atom is 0.316 e. The van der Waals surface area contributed by atoms with Crippen molar-refractivity contribution in [3.05, 3.63) is 29.8 Å². The molecule has 0 saturated heterocycles. The van der Waals surface area contributed by atoms with Gasteiger partial charge in [0, 0.05) is 24.2 Å². The van der Waals surface area contributed by atoms with Crippen molar-refractivity contribution in [3.8, 4) is 0 Å². The van der Waals surface area contributed by atoms with Crippen molar-refractivity contribution in [2.75, 3.05) is 5.32 Å². The first-order valence-corrected chi connectivity index (χ1v) is 7.23. The normalized spacial score (nSPS) is 21.6. The zero-order chi connectivity index (χ0) is 15.2. The molecule has 0 aromatic heterocycles. The molecule has 2 atom stereocenters. The Bertz CT molecular complexity index is 501. The molecular weight excluding hydrogens is 268 g/mol. The number of anilines is 1. The van der Waals surface area contributed by atoms with Crippen molar-refractivity contribution in [1.29, 1.82) is 0 Å². The number of rotatable bonds is 4. The van der Waals surface area contributed by atoms with E-state index in [1.165, 1.54) is 0 Å². The van der Waals surface area contributed by atoms with Crippen molar-refractivity contribution in [1.82, 2.24) is 5.32 Å². The third-order valence-corrected chi connectivity index (χ3v) is 3.77. The molecule has 0 radical (unpaired) electrons. The average molecular weight is 290 g/mol. The molecule has 0 aliphatic heterocycles. The molecule has 2 rings (SSSR count). The van der Waals surface area contributed by atoms with E-state index in [-0.39, 0.29) is 17.9 Å². The third-order valence-electron chi connectivity index (χ3n) is 3.77. The molecule has 0 heterocycles. The first-order chi connectivity index (χ1) is 10.0. The quantitative estimate of drug-likeness (QED) is 0.671.